The topological polar surface area (TPSA) is 41.1 Å². The molecule has 0 bridgehead atoms. The van der Waals surface area contributed by atoms with Crippen LogP contribution in [0.4, 0.5) is 0 Å². The zero-order valence-electron chi connectivity index (χ0n) is 11.0. The van der Waals surface area contributed by atoms with Gasteiger partial charge < -0.3 is 10.6 Å². The zero-order chi connectivity index (χ0) is 12.8. The number of hydrogen-bond acceptors (Lipinski definition) is 2. The molecule has 0 heterocycles. The summed E-state index contributed by atoms with van der Waals surface area (Å²) in [7, 11) is 0. The lowest BCUT2D eigenvalue weighted by atomic mass is 10.1. The van der Waals surface area contributed by atoms with Gasteiger partial charge in [-0.2, -0.15) is 0 Å². The van der Waals surface area contributed by atoms with Gasteiger partial charge in [0.2, 0.25) is 5.91 Å². The summed E-state index contributed by atoms with van der Waals surface area (Å²) in [6.07, 6.45) is 3.51. The van der Waals surface area contributed by atoms with E-state index in [1.54, 1.807) is 0 Å². The summed E-state index contributed by atoms with van der Waals surface area (Å²) in [6.45, 7) is 3.31. The van der Waals surface area contributed by atoms with Crippen molar-refractivity contribution >= 4 is 5.91 Å². The minimum absolute atomic E-state index is 0.0958. The molecule has 3 nitrogen and oxygen atoms in total. The predicted molar refractivity (Wildman–Crippen MR) is 73.3 cm³/mol. The van der Waals surface area contributed by atoms with Gasteiger partial charge in [-0.15, -0.1) is 0 Å². The molecule has 2 rings (SSSR count). The second kappa shape index (κ2) is 6.55. The van der Waals surface area contributed by atoms with Gasteiger partial charge in [0.05, 0.1) is 6.54 Å². The highest BCUT2D eigenvalue weighted by molar-refractivity contribution is 5.78. The molecule has 0 aliphatic heterocycles. The van der Waals surface area contributed by atoms with Gasteiger partial charge in [0, 0.05) is 12.6 Å². The summed E-state index contributed by atoms with van der Waals surface area (Å²) < 4.78 is 0. The van der Waals surface area contributed by atoms with Crippen LogP contribution in [0.3, 0.4) is 0 Å². The fourth-order valence-corrected chi connectivity index (χ4v) is 2.07. The van der Waals surface area contributed by atoms with Crippen LogP contribution in [0.25, 0.3) is 0 Å². The smallest absolute Gasteiger partial charge is 0.233 e. The SMILES string of the molecule is CC(NCC(=O)NCCc1ccccc1)C1CC1. The first-order valence-corrected chi connectivity index (χ1v) is 6.79. The van der Waals surface area contributed by atoms with E-state index in [-0.39, 0.29) is 5.91 Å². The fourth-order valence-electron chi connectivity index (χ4n) is 2.07. The summed E-state index contributed by atoms with van der Waals surface area (Å²) in [5.41, 5.74) is 1.26. The Kier molecular flexibility index (Phi) is 4.76. The average molecular weight is 246 g/mol. The van der Waals surface area contributed by atoms with Crippen molar-refractivity contribution in [2.45, 2.75) is 32.2 Å². The van der Waals surface area contributed by atoms with Crippen LogP contribution in [0.5, 0.6) is 0 Å². The van der Waals surface area contributed by atoms with Crippen LogP contribution in [0.1, 0.15) is 25.3 Å². The standard InChI is InChI=1S/C15H22N2O/c1-12(14-7-8-14)17-11-15(18)16-10-9-13-5-3-2-4-6-13/h2-6,12,14,17H,7-11H2,1H3,(H,16,18). The van der Waals surface area contributed by atoms with Crippen molar-refractivity contribution in [1.29, 1.82) is 0 Å². The minimum atomic E-state index is 0.0958. The molecule has 0 aromatic heterocycles. The fraction of sp³-hybridized carbons (Fsp3) is 0.533. The number of carbonyl (C=O) groups is 1. The molecule has 1 fully saturated rings. The Hall–Kier alpha value is -1.35. The number of nitrogens with one attached hydrogen (secondary N) is 2. The maximum Gasteiger partial charge on any atom is 0.233 e. The number of amides is 1. The van der Waals surface area contributed by atoms with Crippen LogP contribution >= 0.6 is 0 Å². The Balaban J connectivity index is 1.57. The van der Waals surface area contributed by atoms with E-state index in [1.165, 1.54) is 18.4 Å². The highest BCUT2D eigenvalue weighted by Gasteiger charge is 2.27. The Bertz CT molecular complexity index is 373. The second-order valence-corrected chi connectivity index (χ2v) is 5.09. The normalized spacial score (nSPS) is 16.3. The van der Waals surface area contributed by atoms with Gasteiger partial charge >= 0.3 is 0 Å². The first-order valence-electron chi connectivity index (χ1n) is 6.79. The quantitative estimate of drug-likeness (QED) is 0.769. The number of benzene rings is 1. The number of hydrogen-bond donors (Lipinski definition) is 2. The van der Waals surface area contributed by atoms with Gasteiger partial charge in [-0.05, 0) is 37.7 Å². The molecule has 2 N–H and O–H groups in total. The van der Waals surface area contributed by atoms with E-state index < -0.39 is 0 Å². The summed E-state index contributed by atoms with van der Waals surface area (Å²) in [6, 6.07) is 10.7. The molecule has 0 radical (unpaired) electrons. The number of rotatable bonds is 7. The van der Waals surface area contributed by atoms with Crippen LogP contribution in [0.2, 0.25) is 0 Å². The first kappa shape index (κ1) is 13.1. The largest absolute Gasteiger partial charge is 0.355 e. The Morgan fingerprint density at radius 3 is 2.72 bits per heavy atom. The molecular weight excluding hydrogens is 224 g/mol. The average Bonchev–Trinajstić information content (AvgIpc) is 3.21. The van der Waals surface area contributed by atoms with E-state index in [4.69, 9.17) is 0 Å². The molecule has 0 saturated heterocycles. The lowest BCUT2D eigenvalue weighted by molar-refractivity contribution is -0.120. The molecule has 1 aromatic rings. The van der Waals surface area contributed by atoms with Gasteiger partial charge in [0.1, 0.15) is 0 Å². The third-order valence-corrected chi connectivity index (χ3v) is 3.49. The van der Waals surface area contributed by atoms with Crippen molar-refractivity contribution in [3.63, 3.8) is 0 Å². The van der Waals surface area contributed by atoms with Crippen molar-refractivity contribution in [3.8, 4) is 0 Å². The van der Waals surface area contributed by atoms with E-state index in [1.807, 2.05) is 18.2 Å². The summed E-state index contributed by atoms with van der Waals surface area (Å²) >= 11 is 0. The van der Waals surface area contributed by atoms with Crippen molar-refractivity contribution < 1.29 is 4.79 Å². The van der Waals surface area contributed by atoms with E-state index in [2.05, 4.69) is 29.7 Å². The third-order valence-electron chi connectivity index (χ3n) is 3.49. The zero-order valence-corrected chi connectivity index (χ0v) is 11.0. The molecular formula is C15H22N2O. The van der Waals surface area contributed by atoms with Gasteiger partial charge in [-0.25, -0.2) is 0 Å². The maximum absolute atomic E-state index is 11.6. The molecule has 1 unspecified atom stereocenters. The predicted octanol–water partition coefficient (Wildman–Crippen LogP) is 1.73. The van der Waals surface area contributed by atoms with Crippen molar-refractivity contribution in [2.24, 2.45) is 5.92 Å². The molecule has 1 aliphatic rings. The summed E-state index contributed by atoms with van der Waals surface area (Å²) in [5.74, 6) is 0.889. The molecule has 1 atom stereocenters. The Morgan fingerprint density at radius 1 is 1.33 bits per heavy atom. The highest BCUT2D eigenvalue weighted by Crippen LogP contribution is 2.32. The molecule has 18 heavy (non-hydrogen) atoms. The highest BCUT2D eigenvalue weighted by atomic mass is 16.1. The van der Waals surface area contributed by atoms with Gasteiger partial charge in [-0.1, -0.05) is 30.3 Å². The number of carbonyl (C=O) groups excluding carboxylic acids is 1. The van der Waals surface area contributed by atoms with Crippen molar-refractivity contribution in [2.75, 3.05) is 13.1 Å². The van der Waals surface area contributed by atoms with Gasteiger partial charge in [0.25, 0.3) is 0 Å². The molecule has 98 valence electrons. The van der Waals surface area contributed by atoms with Crippen LogP contribution in [0, 0.1) is 5.92 Å². The molecule has 1 aromatic carbocycles. The van der Waals surface area contributed by atoms with E-state index in [9.17, 15) is 4.79 Å². The van der Waals surface area contributed by atoms with Crippen LogP contribution < -0.4 is 10.6 Å². The van der Waals surface area contributed by atoms with Crippen LogP contribution in [-0.4, -0.2) is 25.0 Å². The van der Waals surface area contributed by atoms with Gasteiger partial charge in [-0.3, -0.25) is 4.79 Å². The molecule has 3 heteroatoms. The molecule has 1 amide bonds. The Labute approximate surface area is 109 Å². The summed E-state index contributed by atoms with van der Waals surface area (Å²) in [4.78, 5) is 11.6. The lowest BCUT2D eigenvalue weighted by Gasteiger charge is -2.12. The minimum Gasteiger partial charge on any atom is -0.355 e. The van der Waals surface area contributed by atoms with Gasteiger partial charge in [0.15, 0.2) is 0 Å². The monoisotopic (exact) mass is 246 g/mol. The molecule has 0 spiro atoms. The summed E-state index contributed by atoms with van der Waals surface area (Å²) in [5, 5.41) is 6.23. The van der Waals surface area contributed by atoms with E-state index in [0.29, 0.717) is 19.1 Å². The van der Waals surface area contributed by atoms with Crippen molar-refractivity contribution in [3.05, 3.63) is 35.9 Å². The van der Waals surface area contributed by atoms with Crippen LogP contribution in [0.15, 0.2) is 30.3 Å². The molecule has 1 saturated carbocycles. The maximum atomic E-state index is 11.6. The molecule has 1 aliphatic carbocycles. The third kappa shape index (κ3) is 4.49. The van der Waals surface area contributed by atoms with E-state index in [0.717, 1.165) is 12.3 Å². The van der Waals surface area contributed by atoms with E-state index >= 15 is 0 Å². The lowest BCUT2D eigenvalue weighted by Crippen LogP contribution is -2.39. The Morgan fingerprint density at radius 2 is 2.06 bits per heavy atom. The second-order valence-electron chi connectivity index (χ2n) is 5.09. The van der Waals surface area contributed by atoms with Crippen molar-refractivity contribution in [1.82, 2.24) is 10.6 Å². The first-order chi connectivity index (χ1) is 8.75. The van der Waals surface area contributed by atoms with Crippen LogP contribution in [-0.2, 0) is 11.2 Å².